The number of nitrogens with one attached hydrogen (secondary N) is 2. The Balaban J connectivity index is 1.96. The quantitative estimate of drug-likeness (QED) is 0.799. The van der Waals surface area contributed by atoms with Gasteiger partial charge in [-0.3, -0.25) is 0 Å². The summed E-state index contributed by atoms with van der Waals surface area (Å²) in [6.07, 6.45) is 2.95. The highest BCUT2D eigenvalue weighted by atomic mass is 19.1. The topological polar surface area (TPSA) is 33.3 Å². The summed E-state index contributed by atoms with van der Waals surface area (Å²) in [5.74, 6) is 0.641. The van der Waals surface area contributed by atoms with Crippen molar-refractivity contribution in [3.8, 4) is 5.75 Å². The molecule has 1 atom stereocenters. The molecule has 0 aromatic heterocycles. The molecule has 2 N–H and O–H groups in total. The summed E-state index contributed by atoms with van der Waals surface area (Å²) in [4.78, 5) is 0. The first-order chi connectivity index (χ1) is 8.72. The van der Waals surface area contributed by atoms with E-state index in [2.05, 4.69) is 10.6 Å². The molecule has 0 amide bonds. The highest BCUT2D eigenvalue weighted by Gasteiger charge is 2.41. The maximum atomic E-state index is 13.3. The van der Waals surface area contributed by atoms with Crippen LogP contribution >= 0.6 is 0 Å². The van der Waals surface area contributed by atoms with Gasteiger partial charge in [0.05, 0.1) is 0 Å². The van der Waals surface area contributed by atoms with Gasteiger partial charge in [0.25, 0.3) is 0 Å². The highest BCUT2D eigenvalue weighted by Crippen LogP contribution is 2.43. The van der Waals surface area contributed by atoms with E-state index in [4.69, 9.17) is 4.74 Å². The van der Waals surface area contributed by atoms with Crippen LogP contribution < -0.4 is 15.4 Å². The lowest BCUT2D eigenvalue weighted by Crippen LogP contribution is -2.50. The van der Waals surface area contributed by atoms with E-state index in [1.165, 1.54) is 6.07 Å². The Morgan fingerprint density at radius 1 is 1.39 bits per heavy atom. The fraction of sp³-hybridized carbons (Fsp3) is 0.571. The fourth-order valence-electron chi connectivity index (χ4n) is 3.09. The van der Waals surface area contributed by atoms with Crippen molar-refractivity contribution in [3.63, 3.8) is 0 Å². The van der Waals surface area contributed by atoms with Crippen LogP contribution in [-0.2, 0) is 0 Å². The Morgan fingerprint density at radius 2 is 2.17 bits per heavy atom. The van der Waals surface area contributed by atoms with Crippen molar-refractivity contribution in [3.05, 3.63) is 29.6 Å². The van der Waals surface area contributed by atoms with E-state index in [-0.39, 0.29) is 17.5 Å². The van der Waals surface area contributed by atoms with Crippen LogP contribution in [0.4, 0.5) is 4.39 Å². The van der Waals surface area contributed by atoms with Crippen molar-refractivity contribution >= 4 is 0 Å². The molecule has 98 valence electrons. The smallest absolute Gasteiger partial charge is 0.125 e. The maximum Gasteiger partial charge on any atom is 0.125 e. The SMILES string of the molecule is CNC1CC2(CCNCC2)Oc2ccc(F)cc21. The Kier molecular flexibility index (Phi) is 2.99. The first-order valence-corrected chi connectivity index (χ1v) is 6.59. The predicted octanol–water partition coefficient (Wildman–Crippen LogP) is 1.99. The molecule has 0 aliphatic carbocycles. The molecule has 0 saturated carbocycles. The fourth-order valence-corrected chi connectivity index (χ4v) is 3.09. The van der Waals surface area contributed by atoms with Gasteiger partial charge >= 0.3 is 0 Å². The summed E-state index contributed by atoms with van der Waals surface area (Å²) in [6.45, 7) is 1.99. The van der Waals surface area contributed by atoms with Gasteiger partial charge in [-0.15, -0.1) is 0 Å². The van der Waals surface area contributed by atoms with Crippen LogP contribution in [0.2, 0.25) is 0 Å². The average Bonchev–Trinajstić information content (AvgIpc) is 2.39. The number of fused-ring (bicyclic) bond motifs is 1. The molecule has 1 aromatic carbocycles. The van der Waals surface area contributed by atoms with Gasteiger partial charge in [0.1, 0.15) is 17.2 Å². The van der Waals surface area contributed by atoms with Gasteiger partial charge in [-0.25, -0.2) is 4.39 Å². The Bertz CT molecular complexity index is 443. The summed E-state index contributed by atoms with van der Waals surface area (Å²) in [6, 6.07) is 5.01. The Hall–Kier alpha value is -1.13. The molecule has 1 spiro atoms. The lowest BCUT2D eigenvalue weighted by Gasteiger charge is -2.44. The second-order valence-corrected chi connectivity index (χ2v) is 5.26. The molecule has 1 saturated heterocycles. The Morgan fingerprint density at radius 3 is 2.89 bits per heavy atom. The molecular weight excluding hydrogens is 231 g/mol. The summed E-state index contributed by atoms with van der Waals surface area (Å²) >= 11 is 0. The molecule has 0 radical (unpaired) electrons. The van der Waals surface area contributed by atoms with E-state index >= 15 is 0 Å². The zero-order valence-corrected chi connectivity index (χ0v) is 10.6. The number of rotatable bonds is 1. The van der Waals surface area contributed by atoms with Crippen LogP contribution in [-0.4, -0.2) is 25.7 Å². The van der Waals surface area contributed by atoms with Gasteiger partial charge in [-0.05, 0) is 51.2 Å². The predicted molar refractivity (Wildman–Crippen MR) is 68.3 cm³/mol. The third kappa shape index (κ3) is 1.99. The number of halogens is 1. The molecular formula is C14H19FN2O. The first kappa shape index (κ1) is 11.9. The van der Waals surface area contributed by atoms with Crippen molar-refractivity contribution in [2.45, 2.75) is 30.9 Å². The zero-order chi connectivity index (χ0) is 12.6. The molecule has 2 aliphatic rings. The van der Waals surface area contributed by atoms with Crippen molar-refractivity contribution in [1.82, 2.24) is 10.6 Å². The molecule has 1 aromatic rings. The minimum absolute atomic E-state index is 0.0796. The highest BCUT2D eigenvalue weighted by molar-refractivity contribution is 5.39. The normalized spacial score (nSPS) is 25.6. The summed E-state index contributed by atoms with van der Waals surface area (Å²) in [5.41, 5.74) is 0.866. The number of ether oxygens (including phenoxy) is 1. The average molecular weight is 250 g/mol. The van der Waals surface area contributed by atoms with E-state index in [0.29, 0.717) is 0 Å². The molecule has 0 bridgehead atoms. The Labute approximate surface area is 107 Å². The van der Waals surface area contributed by atoms with E-state index in [1.807, 2.05) is 7.05 Å². The van der Waals surface area contributed by atoms with Crippen LogP contribution in [0.5, 0.6) is 5.75 Å². The van der Waals surface area contributed by atoms with Gasteiger partial charge in [0.15, 0.2) is 0 Å². The minimum atomic E-state index is -0.195. The lowest BCUT2D eigenvalue weighted by atomic mass is 9.81. The number of benzene rings is 1. The summed E-state index contributed by atoms with van der Waals surface area (Å²) in [5, 5.41) is 6.65. The molecule has 1 unspecified atom stereocenters. The second-order valence-electron chi connectivity index (χ2n) is 5.26. The molecule has 2 aliphatic heterocycles. The number of hydrogen-bond acceptors (Lipinski definition) is 3. The summed E-state index contributed by atoms with van der Waals surface area (Å²) in [7, 11) is 1.93. The van der Waals surface area contributed by atoms with Crippen LogP contribution in [0, 0.1) is 5.82 Å². The third-order valence-corrected chi connectivity index (χ3v) is 4.11. The van der Waals surface area contributed by atoms with Gasteiger partial charge in [0, 0.05) is 18.0 Å². The van der Waals surface area contributed by atoms with Gasteiger partial charge < -0.3 is 15.4 Å². The van der Waals surface area contributed by atoms with Crippen LogP contribution in [0.1, 0.15) is 30.9 Å². The van der Waals surface area contributed by atoms with Crippen molar-refractivity contribution < 1.29 is 9.13 Å². The lowest BCUT2D eigenvalue weighted by molar-refractivity contribution is 0.00394. The van der Waals surface area contributed by atoms with Crippen LogP contribution in [0.3, 0.4) is 0 Å². The first-order valence-electron chi connectivity index (χ1n) is 6.59. The van der Waals surface area contributed by atoms with Crippen molar-refractivity contribution in [2.24, 2.45) is 0 Å². The van der Waals surface area contributed by atoms with Crippen LogP contribution in [0.25, 0.3) is 0 Å². The van der Waals surface area contributed by atoms with Gasteiger partial charge in [0.2, 0.25) is 0 Å². The van der Waals surface area contributed by atoms with Crippen molar-refractivity contribution in [1.29, 1.82) is 0 Å². The monoisotopic (exact) mass is 250 g/mol. The third-order valence-electron chi connectivity index (χ3n) is 4.11. The van der Waals surface area contributed by atoms with Crippen LogP contribution in [0.15, 0.2) is 18.2 Å². The second kappa shape index (κ2) is 4.52. The number of piperidine rings is 1. The molecule has 4 heteroatoms. The van der Waals surface area contributed by atoms with E-state index in [1.54, 1.807) is 12.1 Å². The molecule has 2 heterocycles. The van der Waals surface area contributed by atoms with E-state index in [9.17, 15) is 4.39 Å². The number of hydrogen-bond donors (Lipinski definition) is 2. The minimum Gasteiger partial charge on any atom is -0.487 e. The summed E-state index contributed by atoms with van der Waals surface area (Å²) < 4.78 is 19.5. The maximum absolute atomic E-state index is 13.3. The zero-order valence-electron chi connectivity index (χ0n) is 10.6. The molecule has 1 fully saturated rings. The van der Waals surface area contributed by atoms with E-state index < -0.39 is 0 Å². The van der Waals surface area contributed by atoms with Gasteiger partial charge in [-0.2, -0.15) is 0 Å². The van der Waals surface area contributed by atoms with E-state index in [0.717, 1.165) is 43.7 Å². The standard InChI is InChI=1S/C14H19FN2O/c1-16-12-9-14(4-6-17-7-5-14)18-13-3-2-10(15)8-11(12)13/h2-3,8,12,16-17H,4-7,9H2,1H3. The molecule has 3 rings (SSSR count). The van der Waals surface area contributed by atoms with Gasteiger partial charge in [-0.1, -0.05) is 0 Å². The molecule has 3 nitrogen and oxygen atoms in total. The largest absolute Gasteiger partial charge is 0.487 e. The van der Waals surface area contributed by atoms with Crippen molar-refractivity contribution in [2.75, 3.05) is 20.1 Å². The molecule has 18 heavy (non-hydrogen) atoms.